The average Bonchev–Trinajstić information content (AvgIpc) is 3.21. The van der Waals surface area contributed by atoms with Gasteiger partial charge in [-0.15, -0.1) is 11.8 Å². The first-order chi connectivity index (χ1) is 16.5. The summed E-state index contributed by atoms with van der Waals surface area (Å²) in [6.07, 6.45) is 0. The van der Waals surface area contributed by atoms with Crippen LogP contribution in [0.1, 0.15) is 17.9 Å². The zero-order valence-corrected chi connectivity index (χ0v) is 20.6. The van der Waals surface area contributed by atoms with E-state index in [-0.39, 0.29) is 29.5 Å². The third-order valence-electron chi connectivity index (χ3n) is 4.99. The second-order valence-corrected chi connectivity index (χ2v) is 9.28. The number of hydrogen-bond donors (Lipinski definition) is 1. The first kappa shape index (κ1) is 24.3. The lowest BCUT2D eigenvalue weighted by Gasteiger charge is -2.25. The molecular weight excluding hydrogens is 495 g/mol. The van der Waals surface area contributed by atoms with Crippen molar-refractivity contribution in [1.82, 2.24) is 0 Å². The van der Waals surface area contributed by atoms with Gasteiger partial charge in [0.2, 0.25) is 5.91 Å². The van der Waals surface area contributed by atoms with E-state index in [1.807, 2.05) is 37.3 Å². The van der Waals surface area contributed by atoms with Crippen LogP contribution in [-0.2, 0) is 9.59 Å². The second-order valence-electron chi connectivity index (χ2n) is 7.37. The highest BCUT2D eigenvalue weighted by Gasteiger charge is 2.35. The second kappa shape index (κ2) is 11.0. The molecule has 1 fully saturated rings. The Hall–Kier alpha value is -2.87. The topological polar surface area (TPSA) is 67.9 Å². The molecule has 0 aliphatic carbocycles. The highest BCUT2D eigenvalue weighted by Crippen LogP contribution is 2.46. The zero-order valence-electron chi connectivity index (χ0n) is 18.3. The molecule has 0 spiro atoms. The lowest BCUT2D eigenvalue weighted by atomic mass is 10.1. The summed E-state index contributed by atoms with van der Waals surface area (Å²) in [5, 5.41) is 3.37. The van der Waals surface area contributed by atoms with Crippen LogP contribution in [-0.4, -0.2) is 30.8 Å². The van der Waals surface area contributed by atoms with Crippen LogP contribution in [0.5, 0.6) is 11.5 Å². The molecule has 0 saturated carbocycles. The van der Waals surface area contributed by atoms with E-state index in [1.165, 1.54) is 11.8 Å². The quantitative estimate of drug-likeness (QED) is 0.386. The fourth-order valence-corrected chi connectivity index (χ4v) is 5.10. The molecule has 0 aromatic heterocycles. The van der Waals surface area contributed by atoms with Gasteiger partial charge in [-0.05, 0) is 61.0 Å². The summed E-state index contributed by atoms with van der Waals surface area (Å²) in [5.74, 6) is 0.701. The van der Waals surface area contributed by atoms with E-state index in [1.54, 1.807) is 41.3 Å². The van der Waals surface area contributed by atoms with E-state index < -0.39 is 0 Å². The standard InChI is InChI=1S/C25H22Cl2N2O4S/c1-2-32-21-13-16(25-29(23(31)15-34-25)19-10-8-17(26)9-11-19)12-20(27)24(21)33-14-22(30)28-18-6-4-3-5-7-18/h3-13,25H,2,14-15H2,1H3,(H,28,30)/t25-/m1/s1. The van der Waals surface area contributed by atoms with Crippen molar-refractivity contribution in [2.45, 2.75) is 12.3 Å². The Labute approximate surface area is 212 Å². The van der Waals surface area contributed by atoms with Gasteiger partial charge in [0.1, 0.15) is 5.37 Å². The van der Waals surface area contributed by atoms with Crippen LogP contribution in [0.3, 0.4) is 0 Å². The summed E-state index contributed by atoms with van der Waals surface area (Å²) in [5.41, 5.74) is 2.21. The molecule has 2 amide bonds. The number of hydrogen-bond acceptors (Lipinski definition) is 5. The average molecular weight is 517 g/mol. The fraction of sp³-hybridized carbons (Fsp3) is 0.200. The van der Waals surface area contributed by atoms with Crippen molar-refractivity contribution in [1.29, 1.82) is 0 Å². The van der Waals surface area contributed by atoms with Gasteiger partial charge in [0.25, 0.3) is 5.91 Å². The molecular formula is C25H22Cl2N2O4S. The number of halogens is 2. The van der Waals surface area contributed by atoms with Gasteiger partial charge in [-0.2, -0.15) is 0 Å². The summed E-state index contributed by atoms with van der Waals surface area (Å²) in [7, 11) is 0. The lowest BCUT2D eigenvalue weighted by molar-refractivity contribution is -0.118. The number of para-hydroxylation sites is 1. The Morgan fingerprint density at radius 1 is 1.09 bits per heavy atom. The minimum absolute atomic E-state index is 0.00989. The summed E-state index contributed by atoms with van der Waals surface area (Å²) in [6, 6.07) is 19.8. The first-order valence-corrected chi connectivity index (χ1v) is 12.4. The Bertz CT molecular complexity index is 1180. The molecule has 1 aliphatic rings. The Kier molecular flexibility index (Phi) is 7.88. The maximum Gasteiger partial charge on any atom is 0.262 e. The van der Waals surface area contributed by atoms with Gasteiger partial charge in [-0.1, -0.05) is 41.4 Å². The van der Waals surface area contributed by atoms with Crippen LogP contribution in [0, 0.1) is 0 Å². The Morgan fingerprint density at radius 3 is 2.53 bits per heavy atom. The van der Waals surface area contributed by atoms with Gasteiger partial charge >= 0.3 is 0 Å². The van der Waals surface area contributed by atoms with Gasteiger partial charge in [0.15, 0.2) is 18.1 Å². The van der Waals surface area contributed by atoms with Crippen molar-refractivity contribution < 1.29 is 19.1 Å². The predicted molar refractivity (Wildman–Crippen MR) is 137 cm³/mol. The van der Waals surface area contributed by atoms with E-state index in [4.69, 9.17) is 32.7 Å². The normalized spacial score (nSPS) is 15.3. The summed E-state index contributed by atoms with van der Waals surface area (Å²) in [4.78, 5) is 26.7. The van der Waals surface area contributed by atoms with Crippen LogP contribution in [0.15, 0.2) is 66.7 Å². The third-order valence-corrected chi connectivity index (χ3v) is 6.74. The minimum atomic E-state index is -0.320. The van der Waals surface area contributed by atoms with E-state index >= 15 is 0 Å². The molecule has 0 radical (unpaired) electrons. The number of benzene rings is 3. The lowest BCUT2D eigenvalue weighted by Crippen LogP contribution is -2.27. The van der Waals surface area contributed by atoms with Crippen molar-refractivity contribution in [3.8, 4) is 11.5 Å². The van der Waals surface area contributed by atoms with Crippen molar-refractivity contribution in [3.63, 3.8) is 0 Å². The maximum atomic E-state index is 12.7. The number of ether oxygens (including phenoxy) is 2. The zero-order chi connectivity index (χ0) is 24.1. The molecule has 176 valence electrons. The number of carbonyl (C=O) groups is 2. The monoisotopic (exact) mass is 516 g/mol. The smallest absolute Gasteiger partial charge is 0.262 e. The van der Waals surface area contributed by atoms with Crippen LogP contribution < -0.4 is 19.7 Å². The highest BCUT2D eigenvalue weighted by molar-refractivity contribution is 8.00. The molecule has 3 aromatic rings. The third kappa shape index (κ3) is 5.60. The number of rotatable bonds is 8. The molecule has 9 heteroatoms. The fourth-order valence-electron chi connectivity index (χ4n) is 3.54. The van der Waals surface area contributed by atoms with Gasteiger partial charge in [-0.25, -0.2) is 0 Å². The Balaban J connectivity index is 1.56. The van der Waals surface area contributed by atoms with Crippen LogP contribution >= 0.6 is 35.0 Å². The highest BCUT2D eigenvalue weighted by atomic mass is 35.5. The molecule has 0 bridgehead atoms. The maximum absolute atomic E-state index is 12.7. The van der Waals surface area contributed by atoms with Crippen LogP contribution in [0.4, 0.5) is 11.4 Å². The van der Waals surface area contributed by atoms with Gasteiger partial charge in [0.05, 0.1) is 17.4 Å². The summed E-state index contributed by atoms with van der Waals surface area (Å²) < 4.78 is 11.5. The van der Waals surface area contributed by atoms with E-state index in [9.17, 15) is 9.59 Å². The van der Waals surface area contributed by atoms with Gasteiger partial charge in [-0.3, -0.25) is 14.5 Å². The van der Waals surface area contributed by atoms with Crippen molar-refractivity contribution in [2.75, 3.05) is 29.2 Å². The number of nitrogens with one attached hydrogen (secondary N) is 1. The first-order valence-electron chi connectivity index (χ1n) is 10.6. The van der Waals surface area contributed by atoms with E-state index in [0.717, 1.165) is 11.3 Å². The molecule has 1 heterocycles. The number of anilines is 2. The molecule has 1 aliphatic heterocycles. The van der Waals surface area contributed by atoms with E-state index in [2.05, 4.69) is 5.32 Å². The molecule has 0 unspecified atom stereocenters. The molecule has 1 saturated heterocycles. The van der Waals surface area contributed by atoms with Crippen molar-refractivity contribution >= 4 is 58.2 Å². The largest absolute Gasteiger partial charge is 0.490 e. The minimum Gasteiger partial charge on any atom is -0.490 e. The molecule has 1 atom stereocenters. The van der Waals surface area contributed by atoms with Crippen LogP contribution in [0.25, 0.3) is 0 Å². The SMILES string of the molecule is CCOc1cc([C@H]2SCC(=O)N2c2ccc(Cl)cc2)cc(Cl)c1OCC(=O)Nc1ccccc1. The molecule has 34 heavy (non-hydrogen) atoms. The van der Waals surface area contributed by atoms with E-state index in [0.29, 0.717) is 33.8 Å². The number of carbonyl (C=O) groups excluding carboxylic acids is 2. The van der Waals surface area contributed by atoms with Gasteiger partial charge in [0, 0.05) is 16.4 Å². The number of amides is 2. The molecule has 3 aromatic carbocycles. The van der Waals surface area contributed by atoms with Crippen molar-refractivity contribution in [2.24, 2.45) is 0 Å². The van der Waals surface area contributed by atoms with Gasteiger partial charge < -0.3 is 14.8 Å². The number of thioether (sulfide) groups is 1. The van der Waals surface area contributed by atoms with Crippen molar-refractivity contribution in [3.05, 3.63) is 82.3 Å². The Morgan fingerprint density at radius 2 is 1.82 bits per heavy atom. The molecule has 4 rings (SSSR count). The molecule has 1 N–H and O–H groups in total. The predicted octanol–water partition coefficient (Wildman–Crippen LogP) is 6.19. The number of nitrogens with zero attached hydrogens (tertiary/aromatic N) is 1. The van der Waals surface area contributed by atoms with Crippen LogP contribution in [0.2, 0.25) is 10.0 Å². The summed E-state index contributed by atoms with van der Waals surface area (Å²) in [6.45, 7) is 1.99. The molecule has 6 nitrogen and oxygen atoms in total. The summed E-state index contributed by atoms with van der Waals surface area (Å²) >= 11 is 14.1.